The highest BCUT2D eigenvalue weighted by atomic mass is 16.5. The number of carbonyl (C=O) groups excluding carboxylic acids is 1. The van der Waals surface area contributed by atoms with Crippen molar-refractivity contribution >= 4 is 28.6 Å². The highest BCUT2D eigenvalue weighted by Gasteiger charge is 2.25. The van der Waals surface area contributed by atoms with E-state index in [0.29, 0.717) is 22.8 Å². The van der Waals surface area contributed by atoms with Gasteiger partial charge in [0.15, 0.2) is 0 Å². The molecule has 196 valence electrons. The largest absolute Gasteiger partial charge is 0.497 e. The van der Waals surface area contributed by atoms with E-state index in [1.54, 1.807) is 19.2 Å². The Kier molecular flexibility index (Phi) is 7.30. The van der Waals surface area contributed by atoms with Crippen LogP contribution in [0.25, 0.3) is 11.0 Å². The number of carbonyl (C=O) groups is 1. The van der Waals surface area contributed by atoms with E-state index < -0.39 is 5.63 Å². The van der Waals surface area contributed by atoms with Gasteiger partial charge >= 0.3 is 5.63 Å². The second-order valence-electron chi connectivity index (χ2n) is 10.3. The summed E-state index contributed by atoms with van der Waals surface area (Å²) >= 11 is 0. The molecule has 9 heteroatoms. The molecule has 0 saturated heterocycles. The lowest BCUT2D eigenvalue weighted by Crippen LogP contribution is -2.41. The Morgan fingerprint density at radius 3 is 2.59 bits per heavy atom. The van der Waals surface area contributed by atoms with Gasteiger partial charge in [0.2, 0.25) is 11.9 Å². The summed E-state index contributed by atoms with van der Waals surface area (Å²) in [5, 5.41) is 7.46. The summed E-state index contributed by atoms with van der Waals surface area (Å²) in [6.07, 6.45) is 8.18. The Morgan fingerprint density at radius 1 is 1.08 bits per heavy atom. The van der Waals surface area contributed by atoms with Crippen molar-refractivity contribution in [1.82, 2.24) is 15.3 Å². The van der Waals surface area contributed by atoms with Crippen LogP contribution in [0.4, 0.5) is 11.8 Å². The molecule has 2 N–H and O–H groups in total. The third kappa shape index (κ3) is 5.70. The van der Waals surface area contributed by atoms with Crippen LogP contribution in [0, 0.1) is 0 Å². The number of methoxy groups -OCH3 is 1. The molecule has 9 nitrogen and oxygen atoms in total. The molecule has 0 atom stereocenters. The number of nitrogens with zero attached hydrogens (tertiary/aromatic N) is 3. The van der Waals surface area contributed by atoms with E-state index in [2.05, 4.69) is 15.5 Å². The molecule has 2 aliphatic rings. The zero-order valence-corrected chi connectivity index (χ0v) is 21.8. The average Bonchev–Trinajstić information content (AvgIpc) is 2.88. The monoisotopic (exact) mass is 505 g/mol. The molecule has 2 heterocycles. The first-order chi connectivity index (χ1) is 17.9. The summed E-state index contributed by atoms with van der Waals surface area (Å²) in [5.41, 5.74) is 3.06. The number of anilines is 2. The number of rotatable bonds is 7. The summed E-state index contributed by atoms with van der Waals surface area (Å²) in [5.74, 6) is 2.24. The molecule has 0 unspecified atom stereocenters. The lowest BCUT2D eigenvalue weighted by molar-refractivity contribution is -0.121. The van der Waals surface area contributed by atoms with Crippen molar-refractivity contribution in [3.05, 3.63) is 51.5 Å². The minimum atomic E-state index is -0.475. The molecule has 0 spiro atoms. The molecule has 0 bridgehead atoms. The van der Waals surface area contributed by atoms with Gasteiger partial charge in [0.1, 0.15) is 17.2 Å². The van der Waals surface area contributed by atoms with E-state index in [-0.39, 0.29) is 24.4 Å². The average molecular weight is 506 g/mol. The highest BCUT2D eigenvalue weighted by Crippen LogP contribution is 2.29. The molecule has 3 aromatic rings. The fourth-order valence-electron chi connectivity index (χ4n) is 5.51. The molecule has 2 aromatic heterocycles. The van der Waals surface area contributed by atoms with Gasteiger partial charge in [0, 0.05) is 49.3 Å². The standard InChI is InChI=1S/C28H35N5O4/c1-33(2)27-22-6-4-5-7-23(22)31-28(32-27)30-19-10-8-18(9-11-19)29-25(34)14-17-15-26(35)37-24-16-20(36-3)12-13-21(17)24/h12-13,15-16,18-19H,4-11,14H2,1-3H3,(H,29,34)(H,30,31,32). The fraction of sp³-hybridized carbons (Fsp3) is 0.500. The second kappa shape index (κ2) is 10.8. The van der Waals surface area contributed by atoms with E-state index in [0.717, 1.165) is 49.7 Å². The third-order valence-corrected chi connectivity index (χ3v) is 7.40. The van der Waals surface area contributed by atoms with Gasteiger partial charge in [-0.1, -0.05) is 0 Å². The molecule has 1 amide bonds. The normalized spacial score (nSPS) is 19.2. The van der Waals surface area contributed by atoms with Gasteiger partial charge in [0.05, 0.1) is 19.2 Å². The van der Waals surface area contributed by atoms with Crippen molar-refractivity contribution in [3.63, 3.8) is 0 Å². The Balaban J connectivity index is 1.18. The Bertz CT molecular complexity index is 1340. The summed E-state index contributed by atoms with van der Waals surface area (Å²) in [6, 6.07) is 7.07. The van der Waals surface area contributed by atoms with Crippen molar-refractivity contribution in [2.75, 3.05) is 31.4 Å². The zero-order chi connectivity index (χ0) is 25.9. The summed E-state index contributed by atoms with van der Waals surface area (Å²) < 4.78 is 10.5. The van der Waals surface area contributed by atoms with Crippen molar-refractivity contribution in [2.45, 2.75) is 69.9 Å². The smallest absolute Gasteiger partial charge is 0.336 e. The Morgan fingerprint density at radius 2 is 1.84 bits per heavy atom. The molecule has 2 aliphatic carbocycles. The molecule has 1 aromatic carbocycles. The second-order valence-corrected chi connectivity index (χ2v) is 10.3. The predicted molar refractivity (Wildman–Crippen MR) is 144 cm³/mol. The number of aromatic nitrogens is 2. The molecule has 0 radical (unpaired) electrons. The van der Waals surface area contributed by atoms with Crippen LogP contribution in [0.1, 0.15) is 55.3 Å². The lowest BCUT2D eigenvalue weighted by atomic mass is 9.91. The van der Waals surface area contributed by atoms with Crippen molar-refractivity contribution in [2.24, 2.45) is 0 Å². The van der Waals surface area contributed by atoms with E-state index in [4.69, 9.17) is 19.1 Å². The quantitative estimate of drug-likeness (QED) is 0.469. The molecular weight excluding hydrogens is 470 g/mol. The van der Waals surface area contributed by atoms with Crippen LogP contribution in [-0.2, 0) is 24.1 Å². The highest BCUT2D eigenvalue weighted by molar-refractivity contribution is 5.87. The number of amides is 1. The van der Waals surface area contributed by atoms with Crippen LogP contribution in [0.2, 0.25) is 0 Å². The van der Waals surface area contributed by atoms with Crippen LogP contribution < -0.4 is 25.9 Å². The molecule has 0 aliphatic heterocycles. The molecule has 37 heavy (non-hydrogen) atoms. The van der Waals surface area contributed by atoms with Gasteiger partial charge in [-0.25, -0.2) is 9.78 Å². The van der Waals surface area contributed by atoms with Gasteiger partial charge < -0.3 is 24.7 Å². The molecule has 1 fully saturated rings. The van der Waals surface area contributed by atoms with Crippen LogP contribution in [-0.4, -0.2) is 49.2 Å². The van der Waals surface area contributed by atoms with E-state index in [1.807, 2.05) is 20.2 Å². The Hall–Kier alpha value is -3.62. The number of aryl methyl sites for hydroxylation is 1. The predicted octanol–water partition coefficient (Wildman–Crippen LogP) is 3.62. The topological polar surface area (TPSA) is 110 Å². The van der Waals surface area contributed by atoms with Gasteiger partial charge in [-0.3, -0.25) is 4.79 Å². The Labute approximate surface area is 216 Å². The fourth-order valence-corrected chi connectivity index (χ4v) is 5.51. The number of hydrogen-bond donors (Lipinski definition) is 2. The van der Waals surface area contributed by atoms with Crippen LogP contribution in [0.3, 0.4) is 0 Å². The van der Waals surface area contributed by atoms with Crippen LogP contribution in [0.5, 0.6) is 5.75 Å². The van der Waals surface area contributed by atoms with E-state index in [1.165, 1.54) is 30.2 Å². The minimum absolute atomic E-state index is 0.0900. The first-order valence-electron chi connectivity index (χ1n) is 13.1. The summed E-state index contributed by atoms with van der Waals surface area (Å²) in [4.78, 5) is 36.7. The van der Waals surface area contributed by atoms with Crippen LogP contribution in [0.15, 0.2) is 33.5 Å². The number of benzene rings is 1. The maximum atomic E-state index is 12.9. The number of ether oxygens (including phenoxy) is 1. The van der Waals surface area contributed by atoms with Crippen molar-refractivity contribution < 1.29 is 13.9 Å². The van der Waals surface area contributed by atoms with E-state index >= 15 is 0 Å². The molecule has 1 saturated carbocycles. The van der Waals surface area contributed by atoms with Gasteiger partial charge in [-0.05, 0) is 69.1 Å². The number of fused-ring (bicyclic) bond motifs is 2. The van der Waals surface area contributed by atoms with Crippen molar-refractivity contribution in [3.8, 4) is 5.75 Å². The van der Waals surface area contributed by atoms with Crippen molar-refractivity contribution in [1.29, 1.82) is 0 Å². The summed E-state index contributed by atoms with van der Waals surface area (Å²) in [7, 11) is 5.63. The molecule has 5 rings (SSSR count). The van der Waals surface area contributed by atoms with E-state index in [9.17, 15) is 9.59 Å². The summed E-state index contributed by atoms with van der Waals surface area (Å²) in [6.45, 7) is 0. The number of hydrogen-bond acceptors (Lipinski definition) is 8. The first kappa shape index (κ1) is 25.0. The maximum Gasteiger partial charge on any atom is 0.336 e. The maximum absolute atomic E-state index is 12.9. The van der Waals surface area contributed by atoms with Gasteiger partial charge in [-0.15, -0.1) is 0 Å². The SMILES string of the molecule is COc1ccc2c(CC(=O)NC3CCC(Nc4nc5c(c(N(C)C)n4)CCCC5)CC3)cc(=O)oc2c1. The van der Waals surface area contributed by atoms with Gasteiger partial charge in [-0.2, -0.15) is 4.98 Å². The first-order valence-corrected chi connectivity index (χ1v) is 13.1. The minimum Gasteiger partial charge on any atom is -0.497 e. The number of nitrogens with one attached hydrogen (secondary N) is 2. The van der Waals surface area contributed by atoms with Crippen LogP contribution >= 0.6 is 0 Å². The third-order valence-electron chi connectivity index (χ3n) is 7.40. The lowest BCUT2D eigenvalue weighted by Gasteiger charge is -2.30. The van der Waals surface area contributed by atoms with Gasteiger partial charge in [0.25, 0.3) is 0 Å². The zero-order valence-electron chi connectivity index (χ0n) is 21.8. The molecular formula is C28H35N5O4.